The first-order valence-corrected chi connectivity index (χ1v) is 4.43. The zero-order valence-electron chi connectivity index (χ0n) is 8.86. The third kappa shape index (κ3) is 1.44. The van der Waals surface area contributed by atoms with Crippen molar-refractivity contribution in [3.63, 3.8) is 0 Å². The average Bonchev–Trinajstić information content (AvgIpc) is 2.26. The van der Waals surface area contributed by atoms with Crippen LogP contribution in [0.15, 0.2) is 0 Å². The molecule has 1 rings (SSSR count). The second-order valence-electron chi connectivity index (χ2n) is 4.07. The molecule has 0 heterocycles. The van der Waals surface area contributed by atoms with Crippen molar-refractivity contribution < 1.29 is 62.2 Å². The molecule has 0 atom stereocenters. The molecule has 1 nitrogen and oxygen atoms in total. The summed E-state index contributed by atoms with van der Waals surface area (Å²) in [5, 5.41) is 7.95. The lowest BCUT2D eigenvalue weighted by molar-refractivity contribution is -0.421. The molecule has 0 aromatic rings. The van der Waals surface area contributed by atoms with Crippen LogP contribution in [0.1, 0.15) is 0 Å². The van der Waals surface area contributed by atoms with Crippen LogP contribution >= 0.6 is 0 Å². The molecule has 21 heavy (non-hydrogen) atoms. The highest BCUT2D eigenvalue weighted by atomic mass is 19.4. The molecule has 0 spiro atoms. The molecule has 0 amide bonds. The minimum Gasteiger partial charge on any atom is -0.352 e. The summed E-state index contributed by atoms with van der Waals surface area (Å²) in [6.07, 6.45) is 0. The van der Waals surface area contributed by atoms with Crippen LogP contribution < -0.4 is 0 Å². The quantitative estimate of drug-likeness (QED) is 0.525. The number of hydrogen-bond donors (Lipinski definition) is 1. The topological polar surface area (TPSA) is 20.2 Å². The fourth-order valence-electron chi connectivity index (χ4n) is 1.40. The van der Waals surface area contributed by atoms with E-state index in [0.717, 1.165) is 0 Å². The maximum Gasteiger partial charge on any atom is 0.384 e. The van der Waals surface area contributed by atoms with Crippen molar-refractivity contribution in [3.8, 4) is 0 Å². The number of halogens is 13. The van der Waals surface area contributed by atoms with Gasteiger partial charge in [-0.1, -0.05) is 0 Å². The van der Waals surface area contributed by atoms with Gasteiger partial charge >= 0.3 is 41.4 Å². The van der Waals surface area contributed by atoms with Crippen molar-refractivity contribution in [2.75, 3.05) is 0 Å². The van der Waals surface area contributed by atoms with E-state index in [4.69, 9.17) is 5.11 Å². The van der Waals surface area contributed by atoms with Crippen LogP contribution in [0.2, 0.25) is 0 Å². The molecule has 0 unspecified atom stereocenters. The van der Waals surface area contributed by atoms with Crippen LogP contribution in [0.3, 0.4) is 0 Å². The minimum atomic E-state index is -7.81. The maximum absolute atomic E-state index is 12.8. The van der Waals surface area contributed by atoms with E-state index in [1.54, 1.807) is 0 Å². The average molecular weight is 348 g/mol. The van der Waals surface area contributed by atoms with Gasteiger partial charge in [0.2, 0.25) is 0 Å². The Labute approximate surface area is 105 Å². The standard InChI is InChI=1S/C7HF13O/c8-1(9)2(10,11)4(14,15)6(18,19)7(20,21)5(16,17)3(1,12)13/h21H. The highest BCUT2D eigenvalue weighted by molar-refractivity contribution is 5.23. The zero-order chi connectivity index (χ0) is 17.5. The second-order valence-corrected chi connectivity index (χ2v) is 4.07. The van der Waals surface area contributed by atoms with Crippen molar-refractivity contribution in [1.29, 1.82) is 0 Å². The molecule has 0 aromatic heterocycles. The summed E-state index contributed by atoms with van der Waals surface area (Å²) in [5.41, 5.74) is 0. The van der Waals surface area contributed by atoms with Crippen molar-refractivity contribution in [2.24, 2.45) is 0 Å². The summed E-state index contributed by atoms with van der Waals surface area (Å²) in [6.45, 7) is 0. The summed E-state index contributed by atoms with van der Waals surface area (Å²) in [6, 6.07) is 0. The second kappa shape index (κ2) is 3.68. The molecule has 1 aliphatic carbocycles. The Kier molecular flexibility index (Phi) is 3.17. The first kappa shape index (κ1) is 18.1. The number of rotatable bonds is 0. The van der Waals surface area contributed by atoms with E-state index >= 15 is 0 Å². The summed E-state index contributed by atoms with van der Waals surface area (Å²) >= 11 is 0. The van der Waals surface area contributed by atoms with Crippen molar-refractivity contribution in [1.82, 2.24) is 0 Å². The molecule has 0 bridgehead atoms. The van der Waals surface area contributed by atoms with Gasteiger partial charge in [-0.2, -0.15) is 57.1 Å². The van der Waals surface area contributed by atoms with E-state index in [9.17, 15) is 57.1 Å². The summed E-state index contributed by atoms with van der Waals surface area (Å²) < 4.78 is 165. The molecular formula is C7HF13O. The van der Waals surface area contributed by atoms with Gasteiger partial charge in [-0.25, -0.2) is 0 Å². The largest absolute Gasteiger partial charge is 0.384 e. The molecule has 14 heteroatoms. The van der Waals surface area contributed by atoms with Gasteiger partial charge in [-0.15, -0.1) is 0 Å². The lowest BCUT2D eigenvalue weighted by Crippen LogP contribution is -2.68. The van der Waals surface area contributed by atoms with Gasteiger partial charge in [0.1, 0.15) is 0 Å². The molecule has 1 aliphatic rings. The molecule has 126 valence electrons. The zero-order valence-corrected chi connectivity index (χ0v) is 8.86. The number of hydrogen-bond acceptors (Lipinski definition) is 1. The van der Waals surface area contributed by atoms with Gasteiger partial charge in [0.05, 0.1) is 0 Å². The summed E-state index contributed by atoms with van der Waals surface area (Å²) in [4.78, 5) is 0. The van der Waals surface area contributed by atoms with Gasteiger partial charge in [-0.3, -0.25) is 0 Å². The van der Waals surface area contributed by atoms with E-state index < -0.39 is 41.4 Å². The Morgan fingerprint density at radius 2 is 0.476 bits per heavy atom. The third-order valence-corrected chi connectivity index (χ3v) is 2.80. The fraction of sp³-hybridized carbons (Fsp3) is 1.00. The molecular weight excluding hydrogens is 347 g/mol. The van der Waals surface area contributed by atoms with Gasteiger partial charge in [0.25, 0.3) is 0 Å². The summed E-state index contributed by atoms with van der Waals surface area (Å²) in [5.74, 6) is -53.9. The molecule has 1 saturated carbocycles. The Balaban J connectivity index is 3.97. The highest BCUT2D eigenvalue weighted by Crippen LogP contribution is 2.68. The van der Waals surface area contributed by atoms with Gasteiger partial charge in [0, 0.05) is 0 Å². The Morgan fingerprint density at radius 3 is 0.667 bits per heavy atom. The third-order valence-electron chi connectivity index (χ3n) is 2.80. The van der Waals surface area contributed by atoms with Crippen LogP contribution in [0.4, 0.5) is 57.1 Å². The monoisotopic (exact) mass is 348 g/mol. The summed E-state index contributed by atoms with van der Waals surface area (Å²) in [7, 11) is 0. The van der Waals surface area contributed by atoms with Crippen LogP contribution in [0, 0.1) is 0 Å². The Hall–Kier alpha value is -0.950. The molecule has 1 fully saturated rings. The highest BCUT2D eigenvalue weighted by Gasteiger charge is 3.01. The first-order chi connectivity index (χ1) is 8.75. The Morgan fingerprint density at radius 1 is 0.333 bits per heavy atom. The lowest BCUT2D eigenvalue weighted by atomic mass is 9.97. The fourth-order valence-corrected chi connectivity index (χ4v) is 1.40. The van der Waals surface area contributed by atoms with Gasteiger partial charge in [0.15, 0.2) is 0 Å². The van der Waals surface area contributed by atoms with Crippen molar-refractivity contribution in [2.45, 2.75) is 41.4 Å². The van der Waals surface area contributed by atoms with E-state index in [-0.39, 0.29) is 0 Å². The predicted molar refractivity (Wildman–Crippen MR) is 35.7 cm³/mol. The van der Waals surface area contributed by atoms with Crippen LogP contribution in [0.5, 0.6) is 0 Å². The van der Waals surface area contributed by atoms with E-state index in [1.807, 2.05) is 0 Å². The minimum absolute atomic E-state index is 7.39. The molecule has 0 aromatic carbocycles. The first-order valence-electron chi connectivity index (χ1n) is 4.43. The van der Waals surface area contributed by atoms with Crippen LogP contribution in [-0.2, 0) is 0 Å². The lowest BCUT2D eigenvalue weighted by Gasteiger charge is -2.36. The predicted octanol–water partition coefficient (Wildman–Crippen LogP) is 3.47. The van der Waals surface area contributed by atoms with E-state index in [1.165, 1.54) is 0 Å². The van der Waals surface area contributed by atoms with E-state index in [2.05, 4.69) is 0 Å². The van der Waals surface area contributed by atoms with Crippen LogP contribution in [0.25, 0.3) is 0 Å². The van der Waals surface area contributed by atoms with E-state index in [0.29, 0.717) is 0 Å². The SMILES string of the molecule is OC1(F)C(F)(F)C(F)(F)C(F)(F)C(F)(F)C(F)(F)C1(F)F. The normalized spacial score (nSPS) is 34.0. The Bertz CT molecular complexity index is 304. The molecule has 0 aliphatic heterocycles. The smallest absolute Gasteiger partial charge is 0.352 e. The van der Waals surface area contributed by atoms with Crippen molar-refractivity contribution in [3.05, 3.63) is 0 Å². The van der Waals surface area contributed by atoms with Crippen molar-refractivity contribution >= 4 is 0 Å². The maximum atomic E-state index is 12.8. The number of aliphatic hydroxyl groups is 1. The molecule has 1 N–H and O–H groups in total. The van der Waals surface area contributed by atoms with Gasteiger partial charge in [-0.05, 0) is 0 Å². The molecule has 0 saturated heterocycles. The van der Waals surface area contributed by atoms with Gasteiger partial charge < -0.3 is 5.11 Å². The molecule has 0 radical (unpaired) electrons. The number of alkyl halides is 13. The van der Waals surface area contributed by atoms with Crippen LogP contribution in [-0.4, -0.2) is 46.5 Å².